The van der Waals surface area contributed by atoms with Crippen LogP contribution in [0.4, 0.5) is 5.82 Å². The van der Waals surface area contributed by atoms with Gasteiger partial charge in [-0.05, 0) is 24.3 Å². The molecule has 3 aromatic heterocycles. The summed E-state index contributed by atoms with van der Waals surface area (Å²) in [5, 5.41) is 1.55. The third-order valence-electron chi connectivity index (χ3n) is 6.05. The van der Waals surface area contributed by atoms with Gasteiger partial charge in [-0.15, -0.1) is 0 Å². The molecule has 7 nitrogen and oxygen atoms in total. The van der Waals surface area contributed by atoms with Crippen LogP contribution in [0.25, 0.3) is 21.8 Å². The number of aryl methyl sites for hydroxylation is 2. The first-order chi connectivity index (χ1) is 14.6. The molecule has 4 heterocycles. The first-order valence-corrected chi connectivity index (χ1v) is 10.1. The quantitative estimate of drug-likeness (QED) is 0.517. The second-order valence-electron chi connectivity index (χ2n) is 7.70. The predicted molar refractivity (Wildman–Crippen MR) is 118 cm³/mol. The molecule has 0 N–H and O–H groups in total. The van der Waals surface area contributed by atoms with Crippen molar-refractivity contribution >= 4 is 33.5 Å². The van der Waals surface area contributed by atoms with Gasteiger partial charge in [0.25, 0.3) is 11.5 Å². The van der Waals surface area contributed by atoms with Gasteiger partial charge in [-0.3, -0.25) is 9.59 Å². The van der Waals surface area contributed by atoms with Crippen LogP contribution in [0.3, 0.4) is 0 Å². The number of nitrogens with zero attached hydrogens (tertiary/aromatic N) is 5. The third-order valence-corrected chi connectivity index (χ3v) is 6.05. The van der Waals surface area contributed by atoms with Gasteiger partial charge in [-0.1, -0.05) is 24.3 Å². The highest BCUT2D eigenvalue weighted by Crippen LogP contribution is 2.26. The molecule has 1 saturated heterocycles. The van der Waals surface area contributed by atoms with E-state index in [1.165, 1.54) is 0 Å². The molecule has 0 radical (unpaired) electrons. The van der Waals surface area contributed by atoms with Crippen molar-refractivity contribution in [2.45, 2.75) is 0 Å². The molecule has 30 heavy (non-hydrogen) atoms. The van der Waals surface area contributed by atoms with Crippen molar-refractivity contribution in [1.82, 2.24) is 19.0 Å². The van der Waals surface area contributed by atoms with Crippen molar-refractivity contribution in [2.24, 2.45) is 14.1 Å². The van der Waals surface area contributed by atoms with Gasteiger partial charge < -0.3 is 18.9 Å². The summed E-state index contributed by atoms with van der Waals surface area (Å²) in [4.78, 5) is 34.7. The summed E-state index contributed by atoms with van der Waals surface area (Å²) >= 11 is 0. The van der Waals surface area contributed by atoms with E-state index < -0.39 is 0 Å². The van der Waals surface area contributed by atoms with Crippen LogP contribution < -0.4 is 10.5 Å². The van der Waals surface area contributed by atoms with Crippen molar-refractivity contribution in [1.29, 1.82) is 0 Å². The Hall–Kier alpha value is -3.61. The second kappa shape index (κ2) is 7.02. The maximum absolute atomic E-state index is 13.3. The lowest BCUT2D eigenvalue weighted by molar-refractivity contribution is 0.0737. The van der Waals surface area contributed by atoms with Crippen LogP contribution in [0, 0.1) is 0 Å². The monoisotopic (exact) mass is 401 g/mol. The molecule has 0 aliphatic carbocycles. The topological polar surface area (TPSA) is 63.4 Å². The minimum atomic E-state index is -0.0849. The van der Waals surface area contributed by atoms with Crippen LogP contribution in [0.1, 0.15) is 10.5 Å². The number of benzene rings is 1. The Morgan fingerprint density at radius 3 is 2.37 bits per heavy atom. The molecule has 0 bridgehead atoms. The van der Waals surface area contributed by atoms with Crippen molar-refractivity contribution < 1.29 is 4.79 Å². The minimum Gasteiger partial charge on any atom is -0.353 e. The van der Waals surface area contributed by atoms with Crippen molar-refractivity contribution in [2.75, 3.05) is 31.1 Å². The maximum Gasteiger partial charge on any atom is 0.270 e. The standard InChI is InChI=1S/C23H23N5O2/c1-25-19(15-17-21(25)16-7-3-4-8-18(16)26(2)22(17)29)23(30)28-13-11-27(12-14-28)20-9-5-6-10-24-20/h3-10,15H,11-14H2,1-2H3. The third kappa shape index (κ3) is 2.77. The summed E-state index contributed by atoms with van der Waals surface area (Å²) in [6, 6.07) is 15.4. The molecule has 1 amide bonds. The van der Waals surface area contributed by atoms with E-state index in [1.54, 1.807) is 23.9 Å². The molecule has 1 aliphatic rings. The van der Waals surface area contributed by atoms with Gasteiger partial charge in [0.05, 0.1) is 16.4 Å². The molecule has 5 rings (SSSR count). The summed E-state index contributed by atoms with van der Waals surface area (Å²) in [5.74, 6) is 0.893. The fourth-order valence-electron chi connectivity index (χ4n) is 4.39. The number of fused-ring (bicyclic) bond motifs is 3. The molecule has 1 aliphatic heterocycles. The van der Waals surface area contributed by atoms with Gasteiger partial charge >= 0.3 is 0 Å². The lowest BCUT2D eigenvalue weighted by atomic mass is 10.1. The number of aromatic nitrogens is 3. The van der Waals surface area contributed by atoms with Gasteiger partial charge in [-0.25, -0.2) is 4.98 Å². The summed E-state index contributed by atoms with van der Waals surface area (Å²) in [5.41, 5.74) is 2.13. The van der Waals surface area contributed by atoms with Crippen LogP contribution in [-0.2, 0) is 14.1 Å². The Labute approximate surface area is 173 Å². The summed E-state index contributed by atoms with van der Waals surface area (Å²) in [6.45, 7) is 2.71. The smallest absolute Gasteiger partial charge is 0.270 e. The Morgan fingerprint density at radius 1 is 0.900 bits per heavy atom. The number of para-hydroxylation sites is 1. The lowest BCUT2D eigenvalue weighted by Crippen LogP contribution is -2.49. The normalized spacial score (nSPS) is 14.6. The Morgan fingerprint density at radius 2 is 1.63 bits per heavy atom. The molecule has 4 aromatic rings. The minimum absolute atomic E-state index is 0.0412. The maximum atomic E-state index is 13.3. The van der Waals surface area contributed by atoms with Gasteiger partial charge in [0.1, 0.15) is 11.5 Å². The SMILES string of the molecule is Cn1c(C(=O)N2CCN(c3ccccn3)CC2)cc2c(=O)n(C)c3ccccc3c21. The van der Waals surface area contributed by atoms with E-state index >= 15 is 0 Å². The van der Waals surface area contributed by atoms with E-state index in [0.29, 0.717) is 24.2 Å². The average molecular weight is 401 g/mol. The summed E-state index contributed by atoms with van der Waals surface area (Å²) in [7, 11) is 3.64. The zero-order valence-electron chi connectivity index (χ0n) is 17.1. The molecular formula is C23H23N5O2. The molecule has 7 heteroatoms. The number of carbonyl (C=O) groups is 1. The van der Waals surface area contributed by atoms with Gasteiger partial charge in [0.2, 0.25) is 0 Å². The van der Waals surface area contributed by atoms with Crippen LogP contribution >= 0.6 is 0 Å². The van der Waals surface area contributed by atoms with E-state index in [-0.39, 0.29) is 11.5 Å². The number of carbonyl (C=O) groups excluding carboxylic acids is 1. The zero-order valence-corrected chi connectivity index (χ0v) is 17.1. The molecule has 1 aromatic carbocycles. The molecule has 0 saturated carbocycles. The highest BCUT2D eigenvalue weighted by molar-refractivity contribution is 6.08. The van der Waals surface area contributed by atoms with E-state index in [1.807, 2.05) is 59.0 Å². The number of amides is 1. The molecule has 0 spiro atoms. The number of hydrogen-bond acceptors (Lipinski definition) is 4. The Balaban J connectivity index is 1.49. The molecule has 1 fully saturated rings. The fraction of sp³-hybridized carbons (Fsp3) is 0.261. The summed E-state index contributed by atoms with van der Waals surface area (Å²) < 4.78 is 3.52. The number of pyridine rings is 2. The van der Waals surface area contributed by atoms with Crippen LogP contribution in [0.5, 0.6) is 0 Å². The second-order valence-corrected chi connectivity index (χ2v) is 7.70. The first-order valence-electron chi connectivity index (χ1n) is 10.1. The lowest BCUT2D eigenvalue weighted by Gasteiger charge is -2.35. The molecular weight excluding hydrogens is 378 g/mol. The van der Waals surface area contributed by atoms with Gasteiger partial charge in [0, 0.05) is 51.9 Å². The highest BCUT2D eigenvalue weighted by Gasteiger charge is 2.26. The van der Waals surface area contributed by atoms with E-state index in [4.69, 9.17) is 0 Å². The van der Waals surface area contributed by atoms with Crippen LogP contribution in [0.2, 0.25) is 0 Å². The largest absolute Gasteiger partial charge is 0.353 e. The average Bonchev–Trinajstić information content (AvgIpc) is 3.15. The molecule has 0 atom stereocenters. The van der Waals surface area contributed by atoms with E-state index in [9.17, 15) is 9.59 Å². The van der Waals surface area contributed by atoms with Crippen LogP contribution in [-0.4, -0.2) is 51.1 Å². The van der Waals surface area contributed by atoms with Crippen molar-refractivity contribution in [3.63, 3.8) is 0 Å². The predicted octanol–water partition coefficient (Wildman–Crippen LogP) is 2.39. The number of anilines is 1. The van der Waals surface area contributed by atoms with Gasteiger partial charge in [0.15, 0.2) is 0 Å². The zero-order chi connectivity index (χ0) is 20.8. The highest BCUT2D eigenvalue weighted by atomic mass is 16.2. The fourth-order valence-corrected chi connectivity index (χ4v) is 4.39. The number of rotatable bonds is 2. The van der Waals surface area contributed by atoms with Crippen molar-refractivity contribution in [3.05, 3.63) is 70.8 Å². The van der Waals surface area contributed by atoms with E-state index in [2.05, 4.69) is 9.88 Å². The number of piperazine rings is 1. The Kier molecular flexibility index (Phi) is 4.31. The first kappa shape index (κ1) is 18.4. The number of hydrogen-bond donors (Lipinski definition) is 0. The summed E-state index contributed by atoms with van der Waals surface area (Å²) in [6.07, 6.45) is 1.78. The van der Waals surface area contributed by atoms with Crippen LogP contribution in [0.15, 0.2) is 59.5 Å². The Bertz CT molecular complexity index is 1310. The van der Waals surface area contributed by atoms with E-state index in [0.717, 1.165) is 35.3 Å². The van der Waals surface area contributed by atoms with Gasteiger partial charge in [-0.2, -0.15) is 0 Å². The van der Waals surface area contributed by atoms with Crippen molar-refractivity contribution in [3.8, 4) is 0 Å². The molecule has 0 unspecified atom stereocenters. The molecule has 152 valence electrons.